The molecule has 1 aromatic heterocycles. The van der Waals surface area contributed by atoms with Gasteiger partial charge in [0.25, 0.3) is 0 Å². The molecule has 4 heteroatoms. The fourth-order valence-corrected chi connectivity index (χ4v) is 1.86. The molecular formula is C14H18FN3. The van der Waals surface area contributed by atoms with Gasteiger partial charge >= 0.3 is 0 Å². The molecule has 0 aliphatic heterocycles. The summed E-state index contributed by atoms with van der Waals surface area (Å²) in [6.45, 7) is 7.40. The maximum Gasteiger partial charge on any atom is 0.146 e. The Bertz CT molecular complexity index is 546. The molecule has 1 aromatic carbocycles. The van der Waals surface area contributed by atoms with Crippen LogP contribution >= 0.6 is 0 Å². The summed E-state index contributed by atoms with van der Waals surface area (Å²) in [6.07, 6.45) is 2.00. The average molecular weight is 247 g/mol. The van der Waals surface area contributed by atoms with Gasteiger partial charge in [-0.15, -0.1) is 0 Å². The number of nitrogens with one attached hydrogen (secondary N) is 1. The van der Waals surface area contributed by atoms with Crippen LogP contribution in [-0.2, 0) is 13.1 Å². The number of halogens is 1. The molecule has 0 fully saturated rings. The molecule has 0 spiro atoms. The predicted molar refractivity (Wildman–Crippen MR) is 71.1 cm³/mol. The number of rotatable bonds is 4. The van der Waals surface area contributed by atoms with Crippen LogP contribution in [0.4, 0.5) is 10.1 Å². The zero-order chi connectivity index (χ0) is 13.1. The molecule has 0 aliphatic carbocycles. The van der Waals surface area contributed by atoms with Gasteiger partial charge in [0, 0.05) is 24.8 Å². The Hall–Kier alpha value is -1.84. The van der Waals surface area contributed by atoms with E-state index in [2.05, 4.69) is 10.4 Å². The van der Waals surface area contributed by atoms with E-state index in [1.807, 2.05) is 37.7 Å². The molecule has 0 radical (unpaired) electrons. The van der Waals surface area contributed by atoms with E-state index in [0.717, 1.165) is 23.4 Å². The molecule has 0 saturated heterocycles. The Morgan fingerprint density at radius 1 is 1.33 bits per heavy atom. The highest BCUT2D eigenvalue weighted by atomic mass is 19.1. The summed E-state index contributed by atoms with van der Waals surface area (Å²) in [6, 6.07) is 5.07. The molecule has 96 valence electrons. The van der Waals surface area contributed by atoms with Gasteiger partial charge in [-0.3, -0.25) is 4.68 Å². The second kappa shape index (κ2) is 5.21. The Labute approximate surface area is 107 Å². The Morgan fingerprint density at radius 3 is 2.78 bits per heavy atom. The van der Waals surface area contributed by atoms with E-state index >= 15 is 0 Å². The second-order valence-electron chi connectivity index (χ2n) is 4.43. The summed E-state index contributed by atoms with van der Waals surface area (Å²) in [5.41, 5.74) is 3.66. The highest BCUT2D eigenvalue weighted by molar-refractivity contribution is 5.47. The van der Waals surface area contributed by atoms with Crippen LogP contribution < -0.4 is 5.32 Å². The molecule has 0 amide bonds. The van der Waals surface area contributed by atoms with E-state index in [4.69, 9.17) is 0 Å². The van der Waals surface area contributed by atoms with Gasteiger partial charge in [-0.05, 0) is 38.5 Å². The van der Waals surface area contributed by atoms with Gasteiger partial charge in [0.15, 0.2) is 0 Å². The lowest BCUT2D eigenvalue weighted by Crippen LogP contribution is -2.02. The van der Waals surface area contributed by atoms with Gasteiger partial charge in [-0.25, -0.2) is 4.39 Å². The summed E-state index contributed by atoms with van der Waals surface area (Å²) >= 11 is 0. The molecule has 2 aromatic rings. The zero-order valence-electron chi connectivity index (χ0n) is 11.0. The molecule has 0 saturated carbocycles. The van der Waals surface area contributed by atoms with Gasteiger partial charge in [-0.1, -0.05) is 6.07 Å². The summed E-state index contributed by atoms with van der Waals surface area (Å²) in [5.74, 6) is -0.221. The SMILES string of the molecule is CCn1cc(CNc2cc(C)ccc2F)c(C)n1. The highest BCUT2D eigenvalue weighted by Gasteiger charge is 2.06. The molecule has 3 nitrogen and oxygen atoms in total. The topological polar surface area (TPSA) is 29.9 Å². The third-order valence-electron chi connectivity index (χ3n) is 2.96. The minimum absolute atomic E-state index is 0.221. The third kappa shape index (κ3) is 2.70. The van der Waals surface area contributed by atoms with E-state index in [0.29, 0.717) is 12.2 Å². The summed E-state index contributed by atoms with van der Waals surface area (Å²) in [4.78, 5) is 0. The molecule has 2 rings (SSSR count). The Kier molecular flexibility index (Phi) is 3.65. The smallest absolute Gasteiger partial charge is 0.146 e. The highest BCUT2D eigenvalue weighted by Crippen LogP contribution is 2.17. The first-order chi connectivity index (χ1) is 8.60. The van der Waals surface area contributed by atoms with Crippen molar-refractivity contribution < 1.29 is 4.39 Å². The molecule has 1 heterocycles. The van der Waals surface area contributed by atoms with Crippen LogP contribution in [0.3, 0.4) is 0 Å². The van der Waals surface area contributed by atoms with Crippen molar-refractivity contribution in [3.05, 3.63) is 47.0 Å². The van der Waals surface area contributed by atoms with E-state index in [-0.39, 0.29) is 5.82 Å². The lowest BCUT2D eigenvalue weighted by Gasteiger charge is -2.07. The average Bonchev–Trinajstić information content (AvgIpc) is 2.71. The van der Waals surface area contributed by atoms with Crippen molar-refractivity contribution in [3.8, 4) is 0 Å². The van der Waals surface area contributed by atoms with E-state index in [1.54, 1.807) is 6.07 Å². The van der Waals surface area contributed by atoms with Gasteiger partial charge in [0.2, 0.25) is 0 Å². The monoisotopic (exact) mass is 247 g/mol. The first-order valence-corrected chi connectivity index (χ1v) is 6.13. The molecule has 0 bridgehead atoms. The quantitative estimate of drug-likeness (QED) is 0.898. The molecule has 0 atom stereocenters. The predicted octanol–water partition coefficient (Wildman–Crippen LogP) is 3.27. The van der Waals surface area contributed by atoms with Crippen molar-refractivity contribution in [2.45, 2.75) is 33.9 Å². The van der Waals surface area contributed by atoms with Crippen LogP contribution in [-0.4, -0.2) is 9.78 Å². The van der Waals surface area contributed by atoms with Crippen molar-refractivity contribution in [1.29, 1.82) is 0 Å². The van der Waals surface area contributed by atoms with Crippen molar-refractivity contribution in [2.75, 3.05) is 5.32 Å². The molecule has 0 unspecified atom stereocenters. The largest absolute Gasteiger partial charge is 0.378 e. The lowest BCUT2D eigenvalue weighted by atomic mass is 10.2. The minimum atomic E-state index is -0.221. The van der Waals surface area contributed by atoms with Crippen LogP contribution in [0.5, 0.6) is 0 Å². The van der Waals surface area contributed by atoms with Crippen molar-refractivity contribution >= 4 is 5.69 Å². The minimum Gasteiger partial charge on any atom is -0.378 e. The van der Waals surface area contributed by atoms with Crippen LogP contribution in [0.2, 0.25) is 0 Å². The summed E-state index contributed by atoms with van der Waals surface area (Å²) in [7, 11) is 0. The number of anilines is 1. The molecule has 18 heavy (non-hydrogen) atoms. The summed E-state index contributed by atoms with van der Waals surface area (Å²) < 4.78 is 15.4. The fraction of sp³-hybridized carbons (Fsp3) is 0.357. The van der Waals surface area contributed by atoms with E-state index in [9.17, 15) is 4.39 Å². The standard InChI is InChI=1S/C14H18FN3/c1-4-18-9-12(11(3)17-18)8-16-14-7-10(2)5-6-13(14)15/h5-7,9,16H,4,8H2,1-3H3. The molecule has 0 aliphatic rings. The van der Waals surface area contributed by atoms with Crippen LogP contribution in [0.25, 0.3) is 0 Å². The molecular weight excluding hydrogens is 229 g/mol. The number of benzene rings is 1. The van der Waals surface area contributed by atoms with Gasteiger partial charge in [0.1, 0.15) is 5.82 Å². The van der Waals surface area contributed by atoms with Crippen molar-refractivity contribution in [2.24, 2.45) is 0 Å². The summed E-state index contributed by atoms with van der Waals surface area (Å²) in [5, 5.41) is 7.48. The number of aromatic nitrogens is 2. The number of hydrogen-bond acceptors (Lipinski definition) is 2. The molecule has 1 N–H and O–H groups in total. The Morgan fingerprint density at radius 2 is 2.11 bits per heavy atom. The first-order valence-electron chi connectivity index (χ1n) is 6.13. The normalized spacial score (nSPS) is 10.7. The van der Waals surface area contributed by atoms with E-state index in [1.165, 1.54) is 6.07 Å². The zero-order valence-corrected chi connectivity index (χ0v) is 11.0. The van der Waals surface area contributed by atoms with Crippen LogP contribution in [0, 0.1) is 19.7 Å². The fourth-order valence-electron chi connectivity index (χ4n) is 1.86. The maximum atomic E-state index is 13.6. The second-order valence-corrected chi connectivity index (χ2v) is 4.43. The maximum absolute atomic E-state index is 13.6. The lowest BCUT2D eigenvalue weighted by molar-refractivity contribution is 0.629. The first kappa shape index (κ1) is 12.6. The van der Waals surface area contributed by atoms with Gasteiger partial charge < -0.3 is 5.32 Å². The van der Waals surface area contributed by atoms with Crippen LogP contribution in [0.15, 0.2) is 24.4 Å². The van der Waals surface area contributed by atoms with E-state index < -0.39 is 0 Å². The number of nitrogens with zero attached hydrogens (tertiary/aromatic N) is 2. The number of aryl methyl sites for hydroxylation is 3. The number of hydrogen-bond donors (Lipinski definition) is 1. The van der Waals surface area contributed by atoms with Crippen molar-refractivity contribution in [3.63, 3.8) is 0 Å². The third-order valence-corrected chi connectivity index (χ3v) is 2.96. The van der Waals surface area contributed by atoms with Gasteiger partial charge in [-0.2, -0.15) is 5.10 Å². The van der Waals surface area contributed by atoms with Crippen LogP contribution in [0.1, 0.15) is 23.7 Å². The van der Waals surface area contributed by atoms with Crippen molar-refractivity contribution in [1.82, 2.24) is 9.78 Å². The Balaban J connectivity index is 2.11. The van der Waals surface area contributed by atoms with Gasteiger partial charge in [0.05, 0.1) is 11.4 Å².